The first-order chi connectivity index (χ1) is 14.1. The summed E-state index contributed by atoms with van der Waals surface area (Å²) in [4.78, 5) is 31.1. The number of nitrogens with one attached hydrogen (secondary N) is 1. The van der Waals surface area contributed by atoms with Crippen LogP contribution in [0.4, 0.5) is 11.5 Å². The topological polar surface area (TPSA) is 90.0 Å². The Kier molecular flexibility index (Phi) is 7.02. The van der Waals surface area contributed by atoms with Crippen molar-refractivity contribution in [2.24, 2.45) is 0 Å². The van der Waals surface area contributed by atoms with Gasteiger partial charge in [0.2, 0.25) is 5.91 Å². The number of Topliss-reactive ketones (excluding diaryl/α,β-unsaturated/α-hetero) is 1. The van der Waals surface area contributed by atoms with E-state index in [0.717, 1.165) is 18.9 Å². The van der Waals surface area contributed by atoms with Gasteiger partial charge >= 0.3 is 0 Å². The number of aromatic nitrogens is 1. The van der Waals surface area contributed by atoms with Gasteiger partial charge in [-0.05, 0) is 30.3 Å². The van der Waals surface area contributed by atoms with E-state index in [1.165, 1.54) is 14.2 Å². The zero-order valence-corrected chi connectivity index (χ0v) is 16.6. The van der Waals surface area contributed by atoms with Crippen molar-refractivity contribution >= 4 is 23.2 Å². The SMILES string of the molecule is COc1ccc(C(=O)CCC(=O)Nc2ccc(N3CCOCC3)nc2)cc1OC. The maximum atomic E-state index is 12.4. The van der Waals surface area contributed by atoms with Crippen LogP contribution < -0.4 is 19.7 Å². The van der Waals surface area contributed by atoms with E-state index in [-0.39, 0.29) is 24.5 Å². The van der Waals surface area contributed by atoms with E-state index in [9.17, 15) is 9.59 Å². The maximum Gasteiger partial charge on any atom is 0.224 e. The summed E-state index contributed by atoms with van der Waals surface area (Å²) in [5.74, 6) is 1.51. The van der Waals surface area contributed by atoms with E-state index in [4.69, 9.17) is 14.2 Å². The molecule has 2 aromatic rings. The van der Waals surface area contributed by atoms with E-state index < -0.39 is 0 Å². The summed E-state index contributed by atoms with van der Waals surface area (Å²) in [5.41, 5.74) is 1.08. The van der Waals surface area contributed by atoms with Gasteiger partial charge in [0.25, 0.3) is 0 Å². The number of hydrogen-bond donors (Lipinski definition) is 1. The normalized spacial score (nSPS) is 13.7. The van der Waals surface area contributed by atoms with Crippen molar-refractivity contribution in [2.75, 3.05) is 50.7 Å². The van der Waals surface area contributed by atoms with E-state index in [2.05, 4.69) is 15.2 Å². The van der Waals surface area contributed by atoms with Crippen molar-refractivity contribution in [3.8, 4) is 11.5 Å². The lowest BCUT2D eigenvalue weighted by molar-refractivity contribution is -0.116. The van der Waals surface area contributed by atoms with Crippen molar-refractivity contribution < 1.29 is 23.8 Å². The minimum atomic E-state index is -0.236. The average molecular weight is 399 g/mol. The lowest BCUT2D eigenvalue weighted by Gasteiger charge is -2.27. The molecule has 8 nitrogen and oxygen atoms in total. The molecule has 1 aromatic heterocycles. The summed E-state index contributed by atoms with van der Waals surface area (Å²) in [7, 11) is 3.05. The van der Waals surface area contributed by atoms with Crippen LogP contribution >= 0.6 is 0 Å². The summed E-state index contributed by atoms with van der Waals surface area (Å²) in [6.45, 7) is 2.98. The molecule has 0 saturated carbocycles. The molecule has 0 unspecified atom stereocenters. The van der Waals surface area contributed by atoms with Crippen LogP contribution in [0.5, 0.6) is 11.5 Å². The number of carbonyl (C=O) groups is 2. The van der Waals surface area contributed by atoms with Crippen molar-refractivity contribution in [1.82, 2.24) is 4.98 Å². The van der Waals surface area contributed by atoms with Gasteiger partial charge in [0.05, 0.1) is 39.3 Å². The number of benzene rings is 1. The second-order valence-electron chi connectivity index (χ2n) is 6.55. The summed E-state index contributed by atoms with van der Waals surface area (Å²) in [5, 5.41) is 2.78. The number of nitrogens with zero attached hydrogens (tertiary/aromatic N) is 2. The number of hydrogen-bond acceptors (Lipinski definition) is 7. The first kappa shape index (κ1) is 20.6. The Morgan fingerprint density at radius 2 is 1.83 bits per heavy atom. The molecule has 1 aliphatic rings. The Morgan fingerprint density at radius 1 is 1.07 bits per heavy atom. The fraction of sp³-hybridized carbons (Fsp3) is 0.381. The van der Waals surface area contributed by atoms with Crippen LogP contribution in [0, 0.1) is 0 Å². The minimum Gasteiger partial charge on any atom is -0.493 e. The predicted molar refractivity (Wildman–Crippen MR) is 109 cm³/mol. The molecule has 1 fully saturated rings. The van der Waals surface area contributed by atoms with Gasteiger partial charge in [0.15, 0.2) is 17.3 Å². The minimum absolute atomic E-state index is 0.0817. The number of carbonyl (C=O) groups excluding carboxylic acids is 2. The maximum absolute atomic E-state index is 12.4. The number of rotatable bonds is 8. The van der Waals surface area contributed by atoms with Gasteiger partial charge < -0.3 is 24.4 Å². The first-order valence-electron chi connectivity index (χ1n) is 9.44. The number of pyridine rings is 1. The molecule has 1 aromatic carbocycles. The lowest BCUT2D eigenvalue weighted by atomic mass is 10.1. The van der Waals surface area contributed by atoms with Crippen LogP contribution in [-0.4, -0.2) is 57.2 Å². The van der Waals surface area contributed by atoms with Gasteiger partial charge in [-0.3, -0.25) is 9.59 Å². The average Bonchev–Trinajstić information content (AvgIpc) is 2.78. The Balaban J connectivity index is 1.51. The van der Waals surface area contributed by atoms with E-state index in [0.29, 0.717) is 36.0 Å². The number of morpholine rings is 1. The van der Waals surface area contributed by atoms with Gasteiger partial charge in [0, 0.05) is 31.5 Å². The smallest absolute Gasteiger partial charge is 0.224 e. The van der Waals surface area contributed by atoms with Crippen molar-refractivity contribution in [2.45, 2.75) is 12.8 Å². The number of anilines is 2. The molecule has 0 bridgehead atoms. The molecule has 2 heterocycles. The first-order valence-corrected chi connectivity index (χ1v) is 9.44. The molecule has 0 radical (unpaired) electrons. The summed E-state index contributed by atoms with van der Waals surface area (Å²) >= 11 is 0. The van der Waals surface area contributed by atoms with Gasteiger partial charge in [0.1, 0.15) is 5.82 Å². The van der Waals surface area contributed by atoms with E-state index >= 15 is 0 Å². The van der Waals surface area contributed by atoms with E-state index in [1.54, 1.807) is 24.4 Å². The third-order valence-electron chi connectivity index (χ3n) is 4.65. The van der Waals surface area contributed by atoms with Crippen molar-refractivity contribution in [3.63, 3.8) is 0 Å². The Labute approximate surface area is 169 Å². The predicted octanol–water partition coefficient (Wildman–Crippen LogP) is 2.54. The molecule has 154 valence electrons. The second kappa shape index (κ2) is 9.88. The highest BCUT2D eigenvalue weighted by atomic mass is 16.5. The quantitative estimate of drug-likeness (QED) is 0.682. The number of methoxy groups -OCH3 is 2. The molecule has 0 spiro atoms. The molecular weight excluding hydrogens is 374 g/mol. The number of amides is 1. The van der Waals surface area contributed by atoms with Crippen LogP contribution in [0.25, 0.3) is 0 Å². The summed E-state index contributed by atoms with van der Waals surface area (Å²) < 4.78 is 15.7. The zero-order chi connectivity index (χ0) is 20.6. The Morgan fingerprint density at radius 3 is 2.48 bits per heavy atom. The zero-order valence-electron chi connectivity index (χ0n) is 16.6. The highest BCUT2D eigenvalue weighted by Crippen LogP contribution is 2.28. The molecule has 0 aliphatic carbocycles. The molecule has 0 atom stereocenters. The van der Waals surface area contributed by atoms with Crippen LogP contribution in [0.15, 0.2) is 36.5 Å². The molecule has 1 N–H and O–H groups in total. The number of ketones is 1. The van der Waals surface area contributed by atoms with Crippen molar-refractivity contribution in [1.29, 1.82) is 0 Å². The highest BCUT2D eigenvalue weighted by Gasteiger charge is 2.14. The monoisotopic (exact) mass is 399 g/mol. The molecule has 1 amide bonds. The van der Waals surface area contributed by atoms with Crippen LogP contribution in [-0.2, 0) is 9.53 Å². The van der Waals surface area contributed by atoms with Crippen molar-refractivity contribution in [3.05, 3.63) is 42.1 Å². The molecule has 29 heavy (non-hydrogen) atoms. The molecule has 8 heteroatoms. The number of ether oxygens (including phenoxy) is 3. The molecule has 3 rings (SSSR count). The largest absolute Gasteiger partial charge is 0.493 e. The second-order valence-corrected chi connectivity index (χ2v) is 6.55. The lowest BCUT2D eigenvalue weighted by Crippen LogP contribution is -2.36. The molecule has 1 saturated heterocycles. The Hall–Kier alpha value is -3.13. The summed E-state index contributed by atoms with van der Waals surface area (Å²) in [6.07, 6.45) is 1.80. The highest BCUT2D eigenvalue weighted by molar-refractivity contribution is 6.00. The standard InChI is InChI=1S/C21H25N3O5/c1-27-18-6-3-15(13-19(18)28-2)17(25)5-8-21(26)23-16-4-7-20(22-14-16)24-9-11-29-12-10-24/h3-4,6-7,13-14H,5,8-12H2,1-2H3,(H,23,26). The fourth-order valence-corrected chi connectivity index (χ4v) is 3.04. The third kappa shape index (κ3) is 5.45. The van der Waals surface area contributed by atoms with Crippen LogP contribution in [0.1, 0.15) is 23.2 Å². The molecular formula is C21H25N3O5. The van der Waals surface area contributed by atoms with Crippen LogP contribution in [0.2, 0.25) is 0 Å². The summed E-state index contributed by atoms with van der Waals surface area (Å²) in [6, 6.07) is 8.64. The van der Waals surface area contributed by atoms with Gasteiger partial charge in [-0.1, -0.05) is 0 Å². The van der Waals surface area contributed by atoms with Gasteiger partial charge in [-0.25, -0.2) is 4.98 Å². The third-order valence-corrected chi connectivity index (χ3v) is 4.65. The Bertz CT molecular complexity index is 848. The van der Waals surface area contributed by atoms with E-state index in [1.807, 2.05) is 12.1 Å². The van der Waals surface area contributed by atoms with Gasteiger partial charge in [-0.15, -0.1) is 0 Å². The van der Waals surface area contributed by atoms with Crippen LogP contribution in [0.3, 0.4) is 0 Å². The molecule has 1 aliphatic heterocycles. The van der Waals surface area contributed by atoms with Gasteiger partial charge in [-0.2, -0.15) is 0 Å². The fourth-order valence-electron chi connectivity index (χ4n) is 3.04.